The monoisotopic (exact) mass is 452 g/mol. The summed E-state index contributed by atoms with van der Waals surface area (Å²) >= 11 is 0. The highest BCUT2D eigenvalue weighted by Crippen LogP contribution is 2.29. The van der Waals surface area contributed by atoms with Gasteiger partial charge in [0.25, 0.3) is 5.91 Å². The Morgan fingerprint density at radius 1 is 1.00 bits per heavy atom. The molecule has 172 valence electrons. The number of methoxy groups -OCH3 is 1. The summed E-state index contributed by atoms with van der Waals surface area (Å²) < 4.78 is 32.1. The molecule has 7 heteroatoms. The lowest BCUT2D eigenvalue weighted by Gasteiger charge is -2.38. The Labute approximate surface area is 191 Å². The van der Waals surface area contributed by atoms with Gasteiger partial charge in [0.15, 0.2) is 11.5 Å². The normalized spacial score (nSPS) is 14.8. The second-order valence-electron chi connectivity index (χ2n) is 8.17. The van der Waals surface area contributed by atoms with Gasteiger partial charge < -0.3 is 14.7 Å². The summed E-state index contributed by atoms with van der Waals surface area (Å²) in [4.78, 5) is 17.4. The quantitative estimate of drug-likeness (QED) is 0.573. The third-order valence-corrected chi connectivity index (χ3v) is 5.99. The zero-order valence-corrected chi connectivity index (χ0v) is 18.4. The summed E-state index contributed by atoms with van der Waals surface area (Å²) in [5, 5.41) is 9.80. The lowest BCUT2D eigenvalue weighted by Crippen LogP contribution is -2.47. The zero-order valence-electron chi connectivity index (χ0n) is 18.4. The smallest absolute Gasteiger partial charge is 0.258 e. The minimum atomic E-state index is -0.404. The number of carbonyl (C=O) groups excluding carboxylic acids is 1. The first-order chi connectivity index (χ1) is 15.9. The lowest BCUT2D eigenvalue weighted by atomic mass is 10.00. The average molecular weight is 453 g/mol. The molecule has 1 N–H and O–H groups in total. The molecule has 0 bridgehead atoms. The van der Waals surface area contributed by atoms with Crippen LogP contribution < -0.4 is 9.64 Å². The molecule has 1 aliphatic heterocycles. The highest BCUT2D eigenvalue weighted by atomic mass is 19.1. The minimum Gasteiger partial charge on any atom is -0.504 e. The maximum Gasteiger partial charge on any atom is 0.258 e. The van der Waals surface area contributed by atoms with E-state index in [4.69, 9.17) is 4.74 Å². The minimum absolute atomic E-state index is 0.0707. The van der Waals surface area contributed by atoms with Crippen LogP contribution in [0.15, 0.2) is 66.7 Å². The number of halogens is 2. The van der Waals surface area contributed by atoms with E-state index in [1.807, 2.05) is 12.1 Å². The number of anilines is 1. The topological polar surface area (TPSA) is 53.0 Å². The van der Waals surface area contributed by atoms with Crippen molar-refractivity contribution in [1.82, 2.24) is 4.90 Å². The van der Waals surface area contributed by atoms with Gasteiger partial charge in [-0.15, -0.1) is 0 Å². The SMILES string of the molecule is COc1cc(CN2CCC(N(C(=O)c3ccc(F)cc3)c3ccc(F)cc3)CC2)ccc1O. The molecule has 33 heavy (non-hydrogen) atoms. The number of phenols is 1. The van der Waals surface area contributed by atoms with Gasteiger partial charge >= 0.3 is 0 Å². The maximum absolute atomic E-state index is 13.5. The first kappa shape index (κ1) is 22.7. The Morgan fingerprint density at radius 3 is 2.21 bits per heavy atom. The number of piperidine rings is 1. The molecule has 0 aliphatic carbocycles. The molecule has 4 rings (SSSR count). The van der Waals surface area contributed by atoms with Crippen molar-refractivity contribution in [3.05, 3.63) is 89.5 Å². The van der Waals surface area contributed by atoms with Crippen LogP contribution in [0.25, 0.3) is 0 Å². The van der Waals surface area contributed by atoms with Gasteiger partial charge in [0, 0.05) is 36.9 Å². The van der Waals surface area contributed by atoms with Crippen LogP contribution in [0.1, 0.15) is 28.8 Å². The summed E-state index contributed by atoms with van der Waals surface area (Å²) in [5.41, 5.74) is 2.03. The third-order valence-electron chi connectivity index (χ3n) is 5.99. The number of likely N-dealkylation sites (tertiary alicyclic amines) is 1. The number of benzene rings is 3. The van der Waals surface area contributed by atoms with E-state index in [2.05, 4.69) is 4.90 Å². The van der Waals surface area contributed by atoms with E-state index in [0.717, 1.165) is 31.5 Å². The number of hydrogen-bond donors (Lipinski definition) is 1. The van der Waals surface area contributed by atoms with Crippen molar-refractivity contribution in [2.24, 2.45) is 0 Å². The van der Waals surface area contributed by atoms with Crippen molar-refractivity contribution in [1.29, 1.82) is 0 Å². The number of nitrogens with zero attached hydrogens (tertiary/aromatic N) is 2. The molecule has 0 unspecified atom stereocenters. The van der Waals surface area contributed by atoms with Crippen LogP contribution in [-0.2, 0) is 6.54 Å². The van der Waals surface area contributed by atoms with E-state index in [-0.39, 0.29) is 23.5 Å². The van der Waals surface area contributed by atoms with E-state index in [9.17, 15) is 18.7 Å². The molecule has 0 aromatic heterocycles. The Kier molecular flexibility index (Phi) is 6.89. The number of aromatic hydroxyl groups is 1. The van der Waals surface area contributed by atoms with Crippen LogP contribution in [-0.4, -0.2) is 42.2 Å². The molecule has 3 aromatic rings. The van der Waals surface area contributed by atoms with Gasteiger partial charge in [-0.05, 0) is 79.1 Å². The molecule has 1 amide bonds. The fourth-order valence-electron chi connectivity index (χ4n) is 4.24. The van der Waals surface area contributed by atoms with Gasteiger partial charge in [-0.3, -0.25) is 9.69 Å². The summed E-state index contributed by atoms with van der Waals surface area (Å²) in [6.45, 7) is 2.23. The molecule has 0 radical (unpaired) electrons. The van der Waals surface area contributed by atoms with Crippen molar-refractivity contribution < 1.29 is 23.4 Å². The fourth-order valence-corrected chi connectivity index (χ4v) is 4.24. The molecular formula is C26H26F2N2O3. The van der Waals surface area contributed by atoms with Crippen LogP contribution in [0.3, 0.4) is 0 Å². The van der Waals surface area contributed by atoms with Crippen molar-refractivity contribution in [3.63, 3.8) is 0 Å². The first-order valence-corrected chi connectivity index (χ1v) is 10.9. The fraction of sp³-hybridized carbons (Fsp3) is 0.269. The number of hydrogen-bond acceptors (Lipinski definition) is 4. The van der Waals surface area contributed by atoms with Gasteiger partial charge in [-0.25, -0.2) is 8.78 Å². The van der Waals surface area contributed by atoms with E-state index in [1.54, 1.807) is 23.1 Å². The van der Waals surface area contributed by atoms with Gasteiger partial charge in [-0.2, -0.15) is 0 Å². The molecule has 1 saturated heterocycles. The zero-order chi connectivity index (χ0) is 23.4. The molecule has 0 saturated carbocycles. The number of amides is 1. The predicted octanol–water partition coefficient (Wildman–Crippen LogP) is 4.99. The molecule has 0 spiro atoms. The number of rotatable bonds is 6. The highest BCUT2D eigenvalue weighted by Gasteiger charge is 2.30. The van der Waals surface area contributed by atoms with Gasteiger partial charge in [0.05, 0.1) is 7.11 Å². The molecule has 1 aliphatic rings. The molecule has 3 aromatic carbocycles. The summed E-state index contributed by atoms with van der Waals surface area (Å²) in [5.74, 6) is -0.460. The Morgan fingerprint density at radius 2 is 1.61 bits per heavy atom. The van der Waals surface area contributed by atoms with Crippen molar-refractivity contribution in [2.45, 2.75) is 25.4 Å². The Bertz CT molecular complexity index is 1100. The van der Waals surface area contributed by atoms with Crippen LogP contribution in [0.4, 0.5) is 14.5 Å². The Hall–Kier alpha value is -3.45. The standard InChI is InChI=1S/C26H26F2N2O3/c1-33-25-16-18(2-11-24(25)31)17-29-14-12-23(13-15-29)30(22-9-7-21(28)8-10-22)26(32)19-3-5-20(27)6-4-19/h2-11,16,23,31H,12-15,17H2,1H3. The van der Waals surface area contributed by atoms with E-state index in [1.165, 1.54) is 43.5 Å². The number of ether oxygens (including phenoxy) is 1. The highest BCUT2D eigenvalue weighted by molar-refractivity contribution is 6.06. The van der Waals surface area contributed by atoms with Crippen molar-refractivity contribution in [2.75, 3.05) is 25.1 Å². The van der Waals surface area contributed by atoms with Gasteiger partial charge in [0.1, 0.15) is 11.6 Å². The van der Waals surface area contributed by atoms with Crippen molar-refractivity contribution >= 4 is 11.6 Å². The molecule has 1 fully saturated rings. The van der Waals surface area contributed by atoms with Crippen LogP contribution in [0.5, 0.6) is 11.5 Å². The summed E-state index contributed by atoms with van der Waals surface area (Å²) in [7, 11) is 1.52. The number of carbonyl (C=O) groups is 1. The van der Waals surface area contributed by atoms with Crippen LogP contribution in [0.2, 0.25) is 0 Å². The lowest BCUT2D eigenvalue weighted by molar-refractivity contribution is 0.0958. The van der Waals surface area contributed by atoms with Gasteiger partial charge in [0.2, 0.25) is 0 Å². The summed E-state index contributed by atoms with van der Waals surface area (Å²) in [6.07, 6.45) is 1.47. The largest absolute Gasteiger partial charge is 0.504 e. The maximum atomic E-state index is 13.5. The summed E-state index contributed by atoms with van der Waals surface area (Å²) in [6, 6.07) is 16.6. The van der Waals surface area contributed by atoms with E-state index < -0.39 is 5.82 Å². The molecule has 5 nitrogen and oxygen atoms in total. The second kappa shape index (κ2) is 10.0. The average Bonchev–Trinajstić information content (AvgIpc) is 2.83. The predicted molar refractivity (Wildman–Crippen MR) is 123 cm³/mol. The van der Waals surface area contributed by atoms with Crippen molar-refractivity contribution in [3.8, 4) is 11.5 Å². The first-order valence-electron chi connectivity index (χ1n) is 10.9. The van der Waals surface area contributed by atoms with Crippen LogP contribution >= 0.6 is 0 Å². The van der Waals surface area contributed by atoms with E-state index in [0.29, 0.717) is 23.5 Å². The Balaban J connectivity index is 1.50. The third kappa shape index (κ3) is 5.31. The number of phenolic OH excluding ortho intramolecular Hbond substituents is 1. The second-order valence-corrected chi connectivity index (χ2v) is 8.17. The van der Waals surface area contributed by atoms with Gasteiger partial charge in [-0.1, -0.05) is 6.07 Å². The van der Waals surface area contributed by atoms with E-state index >= 15 is 0 Å². The van der Waals surface area contributed by atoms with Crippen LogP contribution in [0, 0.1) is 11.6 Å². The molecule has 1 heterocycles. The molecule has 0 atom stereocenters. The molecular weight excluding hydrogens is 426 g/mol.